The molecule has 0 saturated heterocycles. The van der Waals surface area contributed by atoms with Gasteiger partial charge in [0, 0.05) is 2.74 Å². The van der Waals surface area contributed by atoms with Crippen molar-refractivity contribution in [1.29, 1.82) is 0 Å². The van der Waals surface area contributed by atoms with Gasteiger partial charge in [-0.2, -0.15) is 0 Å². The molecule has 0 aliphatic heterocycles. The molecule has 12 heavy (non-hydrogen) atoms. The molecule has 0 aromatic rings. The molecule has 0 fully saturated rings. The Morgan fingerprint density at radius 2 is 0.667 bits per heavy atom. The normalized spacial score (nSPS) is 3.17. The van der Waals surface area contributed by atoms with E-state index in [1.54, 1.807) is 0 Å². The second-order valence-electron chi connectivity index (χ2n) is 0. The maximum atomic E-state index is 5.88. The van der Waals surface area contributed by atoms with Crippen LogP contribution in [0.4, 0.5) is 0 Å². The standard InChI is InChI=1S/2C2H2.8CH4/c2*1-2;;;;;;;;/h2*1-2H;8*1H4/i2*1T;1T2;;;;;;;. The van der Waals surface area contributed by atoms with Crippen LogP contribution in [0.1, 0.15) is 64.8 Å². The summed E-state index contributed by atoms with van der Waals surface area (Å²) in [6.07, 6.45) is 11.5. The summed E-state index contributed by atoms with van der Waals surface area (Å²) in [6.45, 7) is 0. The minimum absolute atomic E-state index is 0. The third-order valence-corrected chi connectivity index (χ3v) is 0. The quantitative estimate of drug-likeness (QED) is 0.435. The SMILES string of the molecule is C.C.C.C.C.C.C.[3H]C#C.[3H]C#C.[3H]C[3H]. The van der Waals surface area contributed by atoms with Crippen LogP contribution in [-0.2, 0) is 0 Å². The highest BCUT2D eigenvalue weighted by Crippen LogP contribution is 0.581. The molecule has 0 aromatic heterocycles. The molecule has 0 unspecified atom stereocenters. The van der Waals surface area contributed by atoms with Crippen molar-refractivity contribution in [2.75, 3.05) is 0 Å². The van der Waals surface area contributed by atoms with Crippen LogP contribution in [0.15, 0.2) is 0 Å². The van der Waals surface area contributed by atoms with E-state index in [1.165, 1.54) is 12.8 Å². The van der Waals surface area contributed by atoms with Gasteiger partial charge >= 0.3 is 0 Å². The summed E-state index contributed by atoms with van der Waals surface area (Å²) in [5, 5.41) is 0. The van der Waals surface area contributed by atoms with Crippen molar-refractivity contribution in [1.82, 2.24) is 0 Å². The molecule has 0 radical (unpaired) electrons. The Morgan fingerprint density at radius 1 is 0.667 bits per heavy atom. The predicted octanol–water partition coefficient (Wildman–Crippen LogP) is 5.59. The van der Waals surface area contributed by atoms with Gasteiger partial charge in [-0.1, -0.05) is 59.4 Å². The van der Waals surface area contributed by atoms with Crippen LogP contribution in [0.2, 0.25) is 0 Å². The van der Waals surface area contributed by atoms with E-state index in [0.29, 0.717) is 0 Å². The minimum atomic E-state index is -0.250. The highest BCUT2D eigenvalue weighted by atomic mass is 12.6. The van der Waals surface area contributed by atoms with Gasteiger partial charge in [-0.3, -0.25) is 0 Å². The molecule has 0 atom stereocenters. The average molecular weight is 188 g/mol. The lowest BCUT2D eigenvalue weighted by Gasteiger charge is -0.701. The van der Waals surface area contributed by atoms with Crippen LogP contribution in [0.25, 0.3) is 0 Å². The Morgan fingerprint density at radius 3 is 0.667 bits per heavy atom. The van der Waals surface area contributed by atoms with E-state index < -0.39 is 0 Å². The van der Waals surface area contributed by atoms with Gasteiger partial charge in [0.1, 0.15) is 2.74 Å². The van der Waals surface area contributed by atoms with E-state index >= 15 is 0 Å². The third kappa shape index (κ3) is 777. The Labute approximate surface area is 91.4 Å². The largest absolute Gasteiger partial charge is 0.124 e. The molecule has 0 aliphatic carbocycles. The first-order valence-corrected chi connectivity index (χ1v) is 0.577. The van der Waals surface area contributed by atoms with Gasteiger partial charge in [0.2, 0.25) is 0 Å². The van der Waals surface area contributed by atoms with Crippen LogP contribution < -0.4 is 0 Å². The number of rotatable bonds is 0. The van der Waals surface area contributed by atoms with E-state index in [2.05, 4.69) is 12.8 Å². The van der Waals surface area contributed by atoms with Crippen LogP contribution in [-0.4, -0.2) is 0 Å². The Hall–Kier alpha value is -0.880. The van der Waals surface area contributed by atoms with Crippen molar-refractivity contribution >= 4 is 0 Å². The molecular weight excluding hydrogens is 144 g/mol. The van der Waals surface area contributed by atoms with E-state index in [4.69, 9.17) is 5.48 Å². The van der Waals surface area contributed by atoms with Crippen LogP contribution >= 0.6 is 0 Å². The van der Waals surface area contributed by atoms with Crippen molar-refractivity contribution in [3.63, 3.8) is 0 Å². The monoisotopic (exact) mass is 188 g/mol. The van der Waals surface area contributed by atoms with Gasteiger partial charge in [0.05, 0.1) is 0 Å². The second kappa shape index (κ2) is 1090. The number of terminal acetylenes is 2. The van der Waals surface area contributed by atoms with Crippen molar-refractivity contribution in [3.05, 3.63) is 0 Å². The first-order chi connectivity index (χ1) is 4.24. The van der Waals surface area contributed by atoms with Crippen molar-refractivity contribution < 1.29 is 5.48 Å². The molecule has 0 rings (SSSR count). The van der Waals surface area contributed by atoms with Crippen molar-refractivity contribution in [2.45, 2.75) is 59.4 Å². The van der Waals surface area contributed by atoms with E-state index in [0.717, 1.165) is 0 Å². The fourth-order valence-electron chi connectivity index (χ4n) is 0. The molecule has 0 aromatic carbocycles. The topological polar surface area (TPSA) is 0 Å². The zero-order chi connectivity index (χ0) is 8.12. The van der Waals surface area contributed by atoms with Crippen LogP contribution in [0.5, 0.6) is 0 Å². The Bertz CT molecular complexity index is 78.2. The zero-order valence-electron chi connectivity index (χ0n) is 6.86. The minimum Gasteiger partial charge on any atom is -0.124 e. The van der Waals surface area contributed by atoms with Gasteiger partial charge in [-0.05, 0) is 0 Å². The van der Waals surface area contributed by atoms with Gasteiger partial charge < -0.3 is 0 Å². The van der Waals surface area contributed by atoms with Crippen molar-refractivity contribution in [2.24, 2.45) is 0 Å². The lowest BCUT2D eigenvalue weighted by atomic mass is 11.4. The van der Waals surface area contributed by atoms with Gasteiger partial charge in [0.15, 0.2) is 0 Å². The fraction of sp³-hybridized carbons (Fsp3) is 0.667. The number of hydrogen-bond acceptors (Lipinski definition) is 0. The molecule has 0 nitrogen and oxygen atoms in total. The summed E-state index contributed by atoms with van der Waals surface area (Å²) in [6, 6.07) is 0. The third-order valence-electron chi connectivity index (χ3n) is 0. The fourth-order valence-corrected chi connectivity index (χ4v) is 0. The molecule has 0 heterocycles. The predicted molar refractivity (Wildman–Crippen MR) is 73.6 cm³/mol. The van der Waals surface area contributed by atoms with E-state index in [9.17, 15) is 0 Å². The summed E-state index contributed by atoms with van der Waals surface area (Å²) in [4.78, 5) is 0. The van der Waals surface area contributed by atoms with E-state index in [-0.39, 0.29) is 59.4 Å². The molecule has 84 valence electrons. The van der Waals surface area contributed by atoms with E-state index in [1.807, 2.05) is 0 Å². The highest BCUT2D eigenvalue weighted by Gasteiger charge is 0.456. The molecule has 0 saturated carbocycles. The molecule has 0 N–H and O–H groups in total. The maximum absolute atomic E-state index is 5.88. The lowest BCUT2D eigenvalue weighted by Crippen LogP contribution is -0.576. The molecule has 0 spiro atoms. The summed E-state index contributed by atoms with van der Waals surface area (Å²) < 4.78 is 23.2. The number of hydrogen-bond donors (Lipinski definition) is 0. The summed E-state index contributed by atoms with van der Waals surface area (Å²) >= 11 is 0. The molecule has 0 heteroatoms. The van der Waals surface area contributed by atoms with Crippen LogP contribution in [0.3, 0.4) is 0 Å². The maximum Gasteiger partial charge on any atom is 0.124 e. The van der Waals surface area contributed by atoms with Crippen molar-refractivity contribution in [3.8, 4) is 25.6 Å². The second-order valence-corrected chi connectivity index (χ2v) is 0. The molecular formula is C12H36. The Kier molecular flexibility index (Phi) is 3940. The summed E-state index contributed by atoms with van der Waals surface area (Å²) in [7, 11) is -0.250. The first-order valence-electron chi connectivity index (χ1n) is 2.99. The summed E-state index contributed by atoms with van der Waals surface area (Å²) in [5.74, 6) is 0. The highest BCUT2D eigenvalue weighted by molar-refractivity contribution is 4.47. The lowest BCUT2D eigenvalue weighted by molar-refractivity contribution is 2.50. The van der Waals surface area contributed by atoms with Crippen LogP contribution in [0, 0.1) is 25.6 Å². The van der Waals surface area contributed by atoms with Gasteiger partial charge in [-0.15, -0.1) is 25.6 Å². The smallest absolute Gasteiger partial charge is 0.124 e. The Balaban J connectivity index is -0.00000000346. The molecule has 0 aliphatic rings. The first kappa shape index (κ1) is 43.4. The van der Waals surface area contributed by atoms with Gasteiger partial charge in [0.25, 0.3) is 0 Å². The average Bonchev–Trinajstić information content (AvgIpc) is 1.70. The zero-order valence-corrected chi connectivity index (χ0v) is 2.86. The van der Waals surface area contributed by atoms with Gasteiger partial charge in [-0.25, -0.2) is 0 Å². The molecule has 0 amide bonds. The molecule has 0 bridgehead atoms. The summed E-state index contributed by atoms with van der Waals surface area (Å²) in [5.41, 5.74) is 0.